The second-order valence-electron chi connectivity index (χ2n) is 4.20. The first-order valence-electron chi connectivity index (χ1n) is 5.90. The Hall–Kier alpha value is -1.44. The zero-order valence-corrected chi connectivity index (χ0v) is 12.1. The average molecular weight is 317 g/mol. The van der Waals surface area contributed by atoms with E-state index in [-0.39, 0.29) is 36.2 Å². The van der Waals surface area contributed by atoms with Gasteiger partial charge in [-0.2, -0.15) is 4.98 Å². The van der Waals surface area contributed by atoms with Crippen LogP contribution in [-0.4, -0.2) is 36.0 Å². The third-order valence-corrected chi connectivity index (χ3v) is 4.35. The van der Waals surface area contributed by atoms with Crippen molar-refractivity contribution in [2.75, 3.05) is 12.4 Å². The molecule has 1 heterocycles. The molecule has 108 valence electrons. The second-order valence-corrected chi connectivity index (χ2v) is 6.82. The minimum Gasteiger partial charge on any atom is -0.396 e. The van der Waals surface area contributed by atoms with Crippen LogP contribution in [0.2, 0.25) is 5.02 Å². The lowest BCUT2D eigenvalue weighted by Crippen LogP contribution is -2.11. The third kappa shape index (κ3) is 4.03. The topological polar surface area (TPSA) is 93.3 Å². The number of aromatic nitrogens is 2. The summed E-state index contributed by atoms with van der Waals surface area (Å²) >= 11 is 5.86. The summed E-state index contributed by atoms with van der Waals surface area (Å²) in [6.45, 7) is -0.167. The number of hydrogen-bond acceptors (Lipinski definition) is 6. The molecule has 2 aromatic rings. The van der Waals surface area contributed by atoms with Gasteiger partial charge in [0, 0.05) is 17.2 Å². The van der Waals surface area contributed by atoms with E-state index in [2.05, 4.69) is 10.1 Å². The summed E-state index contributed by atoms with van der Waals surface area (Å²) in [5.41, 5.74) is 0.629. The van der Waals surface area contributed by atoms with Gasteiger partial charge in [0.2, 0.25) is 0 Å². The minimum absolute atomic E-state index is 0.0953. The fourth-order valence-electron chi connectivity index (χ4n) is 1.60. The van der Waals surface area contributed by atoms with Crippen molar-refractivity contribution in [1.82, 2.24) is 10.1 Å². The largest absolute Gasteiger partial charge is 0.396 e. The van der Waals surface area contributed by atoms with Crippen molar-refractivity contribution in [2.45, 2.75) is 12.2 Å². The van der Waals surface area contributed by atoms with Gasteiger partial charge in [-0.05, 0) is 24.6 Å². The van der Waals surface area contributed by atoms with Crippen LogP contribution in [0.3, 0.4) is 0 Å². The van der Waals surface area contributed by atoms with Gasteiger partial charge in [-0.25, -0.2) is 8.42 Å². The maximum atomic E-state index is 11.7. The number of halogens is 1. The lowest BCUT2D eigenvalue weighted by molar-refractivity contribution is 0.295. The van der Waals surface area contributed by atoms with Gasteiger partial charge in [-0.1, -0.05) is 22.8 Å². The van der Waals surface area contributed by atoms with E-state index in [1.54, 1.807) is 24.3 Å². The Bertz CT molecular complexity index is 684. The highest BCUT2D eigenvalue weighted by Crippen LogP contribution is 2.21. The molecule has 0 bridgehead atoms. The first-order valence-corrected chi connectivity index (χ1v) is 8.10. The van der Waals surface area contributed by atoms with E-state index in [4.69, 9.17) is 21.2 Å². The molecule has 20 heavy (non-hydrogen) atoms. The van der Waals surface area contributed by atoms with E-state index in [0.717, 1.165) is 0 Å². The smallest absolute Gasteiger partial charge is 0.258 e. The van der Waals surface area contributed by atoms with Crippen molar-refractivity contribution in [2.24, 2.45) is 0 Å². The van der Waals surface area contributed by atoms with E-state index in [1.165, 1.54) is 0 Å². The third-order valence-electron chi connectivity index (χ3n) is 2.50. The summed E-state index contributed by atoms with van der Waals surface area (Å²) in [5, 5.41) is 12.8. The first-order chi connectivity index (χ1) is 9.50. The van der Waals surface area contributed by atoms with Gasteiger partial charge in [0.25, 0.3) is 5.89 Å². The van der Waals surface area contributed by atoms with Crippen molar-refractivity contribution in [1.29, 1.82) is 0 Å². The molecule has 1 aromatic heterocycles. The molecule has 0 aliphatic carbocycles. The van der Waals surface area contributed by atoms with Crippen molar-refractivity contribution >= 4 is 21.4 Å². The molecule has 2 rings (SSSR count). The Kier molecular flexibility index (Phi) is 4.74. The Morgan fingerprint density at radius 3 is 2.85 bits per heavy atom. The maximum Gasteiger partial charge on any atom is 0.258 e. The van der Waals surface area contributed by atoms with E-state index in [9.17, 15) is 8.42 Å². The molecular formula is C12H13ClN2O4S. The molecule has 0 radical (unpaired) electrons. The van der Waals surface area contributed by atoms with Crippen LogP contribution in [0.1, 0.15) is 12.2 Å². The molecule has 8 heteroatoms. The molecule has 0 aliphatic rings. The highest BCUT2D eigenvalue weighted by Gasteiger charge is 2.17. The second kappa shape index (κ2) is 6.34. The Labute approximate surface area is 121 Å². The molecule has 0 amide bonds. The van der Waals surface area contributed by atoms with Gasteiger partial charge in [-0.3, -0.25) is 0 Å². The summed E-state index contributed by atoms with van der Waals surface area (Å²) in [6.07, 6.45) is 0.196. The molecule has 0 saturated carbocycles. The highest BCUT2D eigenvalue weighted by atomic mass is 35.5. The van der Waals surface area contributed by atoms with Crippen LogP contribution < -0.4 is 0 Å². The van der Waals surface area contributed by atoms with Crippen LogP contribution in [0.15, 0.2) is 28.8 Å². The van der Waals surface area contributed by atoms with Crippen LogP contribution in [0.4, 0.5) is 0 Å². The van der Waals surface area contributed by atoms with E-state index >= 15 is 0 Å². The number of hydrogen-bond donors (Lipinski definition) is 1. The van der Waals surface area contributed by atoms with Crippen LogP contribution in [-0.2, 0) is 15.6 Å². The van der Waals surface area contributed by atoms with Crippen LogP contribution in [0, 0.1) is 0 Å². The number of rotatable bonds is 6. The molecule has 6 nitrogen and oxygen atoms in total. The predicted molar refractivity (Wildman–Crippen MR) is 73.9 cm³/mol. The molecule has 0 atom stereocenters. The summed E-state index contributed by atoms with van der Waals surface area (Å²) < 4.78 is 28.4. The number of aliphatic hydroxyl groups excluding tert-OH is 1. The summed E-state index contributed by atoms with van der Waals surface area (Å²) in [7, 11) is -3.34. The number of aliphatic hydroxyl groups is 1. The Balaban J connectivity index is 2.13. The molecule has 0 saturated heterocycles. The lowest BCUT2D eigenvalue weighted by atomic mass is 10.2. The summed E-state index contributed by atoms with van der Waals surface area (Å²) in [6, 6.07) is 6.84. The fraction of sp³-hybridized carbons (Fsp3) is 0.333. The van der Waals surface area contributed by atoms with E-state index < -0.39 is 9.84 Å². The zero-order chi connectivity index (χ0) is 14.6. The highest BCUT2D eigenvalue weighted by molar-refractivity contribution is 7.90. The van der Waals surface area contributed by atoms with Crippen molar-refractivity contribution < 1.29 is 18.0 Å². The number of nitrogens with zero attached hydrogens (tertiary/aromatic N) is 2. The number of benzene rings is 1. The van der Waals surface area contributed by atoms with Gasteiger partial charge >= 0.3 is 0 Å². The SMILES string of the molecule is O=S(=O)(CCCO)Cc1noc(-c2cccc(Cl)c2)n1. The molecule has 0 unspecified atom stereocenters. The fourth-order valence-corrected chi connectivity index (χ4v) is 3.02. The van der Waals surface area contributed by atoms with Gasteiger partial charge in [0.1, 0.15) is 5.75 Å². The Morgan fingerprint density at radius 2 is 2.15 bits per heavy atom. The standard InChI is InChI=1S/C12H13ClN2O4S/c13-10-4-1-3-9(7-10)12-14-11(15-19-12)8-20(17,18)6-2-5-16/h1,3-4,7,16H,2,5-6,8H2. The number of sulfone groups is 1. The molecule has 0 spiro atoms. The zero-order valence-electron chi connectivity index (χ0n) is 10.5. The van der Waals surface area contributed by atoms with Gasteiger partial charge < -0.3 is 9.63 Å². The quantitative estimate of drug-likeness (QED) is 0.871. The van der Waals surface area contributed by atoms with Gasteiger partial charge in [-0.15, -0.1) is 0 Å². The normalized spacial score (nSPS) is 11.7. The average Bonchev–Trinajstić information content (AvgIpc) is 2.84. The predicted octanol–water partition coefficient (Wildman–Crippen LogP) is 1.69. The van der Waals surface area contributed by atoms with Crippen molar-refractivity contribution in [3.63, 3.8) is 0 Å². The van der Waals surface area contributed by atoms with Gasteiger partial charge in [0.05, 0.1) is 5.75 Å². The maximum absolute atomic E-state index is 11.7. The Morgan fingerprint density at radius 1 is 1.35 bits per heavy atom. The first kappa shape index (κ1) is 15.0. The lowest BCUT2D eigenvalue weighted by Gasteiger charge is -1.98. The van der Waals surface area contributed by atoms with E-state index in [0.29, 0.717) is 10.6 Å². The molecule has 0 aliphatic heterocycles. The van der Waals surface area contributed by atoms with Gasteiger partial charge in [0.15, 0.2) is 15.7 Å². The summed E-state index contributed by atoms with van der Waals surface area (Å²) in [5.74, 6) is -0.0977. The van der Waals surface area contributed by atoms with Crippen LogP contribution in [0.5, 0.6) is 0 Å². The molecule has 1 N–H and O–H groups in total. The van der Waals surface area contributed by atoms with E-state index in [1.807, 2.05) is 0 Å². The van der Waals surface area contributed by atoms with Crippen molar-refractivity contribution in [3.8, 4) is 11.5 Å². The van der Waals surface area contributed by atoms with Crippen molar-refractivity contribution in [3.05, 3.63) is 35.1 Å². The minimum atomic E-state index is -3.34. The van der Waals surface area contributed by atoms with Crippen LogP contribution >= 0.6 is 11.6 Å². The molecule has 1 aromatic carbocycles. The molecule has 0 fully saturated rings. The monoisotopic (exact) mass is 316 g/mol. The van der Waals surface area contributed by atoms with Crippen LogP contribution in [0.25, 0.3) is 11.5 Å². The molecular weight excluding hydrogens is 304 g/mol. The summed E-state index contributed by atoms with van der Waals surface area (Å²) in [4.78, 5) is 4.04.